The maximum atomic E-state index is 13.8. The number of benzene rings is 3. The highest BCUT2D eigenvalue weighted by Gasteiger charge is 2.43. The Kier molecular flexibility index (Phi) is 5.40. The number of hydrogen-bond acceptors (Lipinski definition) is 5. The number of carbonyl (C=O) groups excluding carboxylic acids is 2. The summed E-state index contributed by atoms with van der Waals surface area (Å²) in [5.74, 6) is -0.453. The third kappa shape index (κ3) is 3.85. The van der Waals surface area contributed by atoms with Gasteiger partial charge in [0.2, 0.25) is 5.76 Å². The molecule has 1 atom stereocenters. The van der Waals surface area contributed by atoms with Gasteiger partial charge < -0.3 is 14.9 Å². The molecule has 2 heterocycles. The quantitative estimate of drug-likeness (QED) is 0.470. The molecule has 0 spiro atoms. The fourth-order valence-corrected chi connectivity index (χ4v) is 4.42. The first-order valence-electron chi connectivity index (χ1n) is 11.2. The van der Waals surface area contributed by atoms with Crippen LogP contribution in [-0.2, 0) is 4.79 Å². The molecule has 176 valence electrons. The molecule has 0 fully saturated rings. The molecule has 2 amide bonds. The van der Waals surface area contributed by atoms with Gasteiger partial charge in [0.1, 0.15) is 11.3 Å². The third-order valence-electron chi connectivity index (χ3n) is 6.38. The molecule has 1 aliphatic rings. The van der Waals surface area contributed by atoms with Crippen LogP contribution in [0.15, 0.2) is 69.9 Å². The van der Waals surface area contributed by atoms with Crippen molar-refractivity contribution in [1.29, 1.82) is 0 Å². The van der Waals surface area contributed by atoms with Crippen LogP contribution in [0.1, 0.15) is 44.4 Å². The number of nitrogens with zero attached hydrogens (tertiary/aromatic N) is 1. The number of primary amides is 1. The van der Waals surface area contributed by atoms with E-state index >= 15 is 0 Å². The second kappa shape index (κ2) is 8.43. The van der Waals surface area contributed by atoms with E-state index in [1.165, 1.54) is 0 Å². The second-order valence-electron chi connectivity index (χ2n) is 8.84. The molecule has 3 aromatic carbocycles. The maximum absolute atomic E-state index is 13.8. The molecule has 0 saturated carbocycles. The Hall–Kier alpha value is -4.39. The monoisotopic (exact) mass is 468 g/mol. The summed E-state index contributed by atoms with van der Waals surface area (Å²) in [7, 11) is 0. The number of aryl methyl sites for hydroxylation is 3. The van der Waals surface area contributed by atoms with E-state index in [0.29, 0.717) is 33.5 Å². The van der Waals surface area contributed by atoms with E-state index in [-0.39, 0.29) is 23.7 Å². The lowest BCUT2D eigenvalue weighted by Gasteiger charge is -2.25. The van der Waals surface area contributed by atoms with Gasteiger partial charge in [-0.15, -0.1) is 0 Å². The molecule has 5 rings (SSSR count). The molecule has 35 heavy (non-hydrogen) atoms. The minimum Gasteiger partial charge on any atom is -0.484 e. The molecule has 1 unspecified atom stereocenters. The Labute approximate surface area is 201 Å². The largest absolute Gasteiger partial charge is 0.484 e. The minimum atomic E-state index is -0.687. The maximum Gasteiger partial charge on any atom is 0.295 e. The van der Waals surface area contributed by atoms with Crippen molar-refractivity contribution >= 4 is 28.5 Å². The molecule has 1 aromatic heterocycles. The number of ether oxygens (including phenoxy) is 1. The number of rotatable bonds is 5. The van der Waals surface area contributed by atoms with Crippen LogP contribution in [0, 0.1) is 20.8 Å². The van der Waals surface area contributed by atoms with E-state index < -0.39 is 11.9 Å². The topological polar surface area (TPSA) is 103 Å². The van der Waals surface area contributed by atoms with Gasteiger partial charge in [0.25, 0.3) is 11.8 Å². The van der Waals surface area contributed by atoms with Crippen molar-refractivity contribution in [3.8, 4) is 5.75 Å². The molecule has 0 aliphatic carbocycles. The van der Waals surface area contributed by atoms with Crippen molar-refractivity contribution in [2.24, 2.45) is 5.73 Å². The Morgan fingerprint density at radius 1 is 0.971 bits per heavy atom. The van der Waals surface area contributed by atoms with Crippen LogP contribution in [0.4, 0.5) is 5.69 Å². The van der Waals surface area contributed by atoms with E-state index in [0.717, 1.165) is 16.7 Å². The summed E-state index contributed by atoms with van der Waals surface area (Å²) in [5.41, 5.74) is 9.99. The lowest BCUT2D eigenvalue weighted by atomic mass is 9.97. The molecule has 0 bridgehead atoms. The average Bonchev–Trinajstić information content (AvgIpc) is 3.12. The molecule has 4 aromatic rings. The van der Waals surface area contributed by atoms with Gasteiger partial charge >= 0.3 is 0 Å². The van der Waals surface area contributed by atoms with Crippen LogP contribution in [0.5, 0.6) is 5.75 Å². The number of nitrogens with two attached hydrogens (primary N) is 1. The standard InChI is InChI=1S/C28H24N2O5/c1-15-4-8-19(9-5-15)30-25(18-6-10-20(11-7-18)34-14-23(29)31)24-26(32)21-12-16(2)17(3)13-22(21)35-27(24)28(30)33/h4-13,25H,14H2,1-3H3,(H2,29,31). The van der Waals surface area contributed by atoms with Crippen molar-refractivity contribution in [2.45, 2.75) is 26.8 Å². The van der Waals surface area contributed by atoms with Gasteiger partial charge in [-0.3, -0.25) is 19.3 Å². The van der Waals surface area contributed by atoms with Gasteiger partial charge in [-0.1, -0.05) is 29.8 Å². The van der Waals surface area contributed by atoms with Crippen LogP contribution in [-0.4, -0.2) is 18.4 Å². The predicted molar refractivity (Wildman–Crippen MR) is 133 cm³/mol. The second-order valence-corrected chi connectivity index (χ2v) is 8.84. The van der Waals surface area contributed by atoms with Gasteiger partial charge in [-0.2, -0.15) is 0 Å². The SMILES string of the molecule is Cc1ccc(N2C(=O)c3oc4cc(C)c(C)cc4c(=O)c3C2c2ccc(OCC(N)=O)cc2)cc1. The third-order valence-corrected chi connectivity index (χ3v) is 6.38. The zero-order chi connectivity index (χ0) is 24.9. The Balaban J connectivity index is 1.70. The summed E-state index contributed by atoms with van der Waals surface area (Å²) in [6.45, 7) is 5.60. The van der Waals surface area contributed by atoms with E-state index in [4.69, 9.17) is 14.9 Å². The molecule has 7 heteroatoms. The smallest absolute Gasteiger partial charge is 0.295 e. The highest BCUT2D eigenvalue weighted by atomic mass is 16.5. The molecule has 1 aliphatic heterocycles. The summed E-state index contributed by atoms with van der Waals surface area (Å²) in [4.78, 5) is 40.1. The van der Waals surface area contributed by atoms with Gasteiger partial charge in [-0.05, 0) is 73.9 Å². The van der Waals surface area contributed by atoms with E-state index in [1.807, 2.05) is 51.1 Å². The molecular weight excluding hydrogens is 444 g/mol. The normalized spacial score (nSPS) is 14.9. The van der Waals surface area contributed by atoms with E-state index in [1.54, 1.807) is 35.2 Å². The fourth-order valence-electron chi connectivity index (χ4n) is 4.42. The van der Waals surface area contributed by atoms with Crippen molar-refractivity contribution < 1.29 is 18.7 Å². The predicted octanol–water partition coefficient (Wildman–Crippen LogP) is 4.33. The first-order chi connectivity index (χ1) is 16.7. The molecule has 7 nitrogen and oxygen atoms in total. The fraction of sp³-hybridized carbons (Fsp3) is 0.179. The molecule has 2 N–H and O–H groups in total. The molecular formula is C28H24N2O5. The van der Waals surface area contributed by atoms with Gasteiger partial charge in [0.15, 0.2) is 12.0 Å². The number of anilines is 1. The van der Waals surface area contributed by atoms with Crippen molar-refractivity contribution in [3.63, 3.8) is 0 Å². The minimum absolute atomic E-state index is 0.0467. The van der Waals surface area contributed by atoms with Crippen LogP contribution in [0.3, 0.4) is 0 Å². The van der Waals surface area contributed by atoms with Crippen molar-refractivity contribution in [3.05, 3.63) is 104 Å². The Morgan fingerprint density at radius 3 is 2.29 bits per heavy atom. The lowest BCUT2D eigenvalue weighted by Crippen LogP contribution is -2.29. The number of fused-ring (bicyclic) bond motifs is 2. The van der Waals surface area contributed by atoms with Crippen molar-refractivity contribution in [1.82, 2.24) is 0 Å². The van der Waals surface area contributed by atoms with Crippen LogP contribution in [0.2, 0.25) is 0 Å². The zero-order valence-electron chi connectivity index (χ0n) is 19.6. The van der Waals surface area contributed by atoms with E-state index in [2.05, 4.69) is 0 Å². The summed E-state index contributed by atoms with van der Waals surface area (Å²) in [5, 5.41) is 0.441. The van der Waals surface area contributed by atoms with Gasteiger partial charge in [0, 0.05) is 5.69 Å². The summed E-state index contributed by atoms with van der Waals surface area (Å²) in [6.07, 6.45) is 0. The van der Waals surface area contributed by atoms with Crippen LogP contribution in [0.25, 0.3) is 11.0 Å². The highest BCUT2D eigenvalue weighted by Crippen LogP contribution is 2.41. The first kappa shape index (κ1) is 22.4. The van der Waals surface area contributed by atoms with Crippen LogP contribution >= 0.6 is 0 Å². The Bertz CT molecular complexity index is 1540. The van der Waals surface area contributed by atoms with Crippen LogP contribution < -0.4 is 20.8 Å². The molecule has 0 saturated heterocycles. The number of amides is 2. The summed E-state index contributed by atoms with van der Waals surface area (Å²) < 4.78 is 11.5. The highest BCUT2D eigenvalue weighted by molar-refractivity contribution is 6.10. The van der Waals surface area contributed by atoms with Crippen molar-refractivity contribution in [2.75, 3.05) is 11.5 Å². The Morgan fingerprint density at radius 2 is 1.63 bits per heavy atom. The number of hydrogen-bond donors (Lipinski definition) is 1. The van der Waals surface area contributed by atoms with Gasteiger partial charge in [-0.25, -0.2) is 0 Å². The van der Waals surface area contributed by atoms with E-state index in [9.17, 15) is 14.4 Å². The molecule has 0 radical (unpaired) electrons. The zero-order valence-corrected chi connectivity index (χ0v) is 19.6. The summed E-state index contributed by atoms with van der Waals surface area (Å²) in [6, 6.07) is 17.4. The summed E-state index contributed by atoms with van der Waals surface area (Å²) >= 11 is 0. The first-order valence-corrected chi connectivity index (χ1v) is 11.2. The van der Waals surface area contributed by atoms with Gasteiger partial charge in [0.05, 0.1) is 17.0 Å². The number of carbonyl (C=O) groups is 2. The average molecular weight is 469 g/mol. The lowest BCUT2D eigenvalue weighted by molar-refractivity contribution is -0.119.